The lowest BCUT2D eigenvalue weighted by Gasteiger charge is -2.26. The van der Waals surface area contributed by atoms with E-state index in [-0.39, 0.29) is 0 Å². The molecule has 3 heteroatoms. The van der Waals surface area contributed by atoms with Crippen molar-refractivity contribution in [3.05, 3.63) is 218 Å². The van der Waals surface area contributed by atoms with Crippen molar-refractivity contribution >= 4 is 60.7 Å². The SMILES string of the molecule is c1ccc(-c2cccc(N(c3ccccc3)c3ccc(-c4cc(-n5c6ccccc6c6cc(-c7ccccc7)ccc65)cc5c4[nH]c4ccccc45)cc3)c2)cc1. The summed E-state index contributed by atoms with van der Waals surface area (Å²) in [5, 5.41) is 4.91. The first-order valence-electron chi connectivity index (χ1n) is 19.5. The minimum absolute atomic E-state index is 1.09. The normalized spacial score (nSPS) is 11.5. The standard InChI is InChI=1S/C54H37N3/c1-4-15-37(16-5-1)40-19-14-22-44(33-40)56(42-20-8-3-9-21-42)43-30-27-39(28-31-43)48-35-45(36-50-46-23-10-12-25-51(46)55-54(48)50)57-52-26-13-11-24-47(52)49-34-41(29-32-53(49)57)38-17-6-2-7-18-38/h1-36,55H. The Morgan fingerprint density at radius 2 is 0.895 bits per heavy atom. The Hall–Kier alpha value is -7.62. The van der Waals surface area contributed by atoms with Gasteiger partial charge in [-0.2, -0.15) is 0 Å². The lowest BCUT2D eigenvalue weighted by atomic mass is 9.99. The van der Waals surface area contributed by atoms with E-state index in [2.05, 4.69) is 233 Å². The minimum Gasteiger partial charge on any atom is -0.354 e. The van der Waals surface area contributed by atoms with E-state index in [0.29, 0.717) is 0 Å². The average molecular weight is 728 g/mol. The maximum Gasteiger partial charge on any atom is 0.0546 e. The number of rotatable bonds is 7. The number of hydrogen-bond acceptors (Lipinski definition) is 1. The van der Waals surface area contributed by atoms with Crippen LogP contribution >= 0.6 is 0 Å². The lowest BCUT2D eigenvalue weighted by molar-refractivity contribution is 1.19. The predicted molar refractivity (Wildman–Crippen MR) is 241 cm³/mol. The average Bonchev–Trinajstić information content (AvgIpc) is 3.83. The second-order valence-corrected chi connectivity index (χ2v) is 14.7. The van der Waals surface area contributed by atoms with Gasteiger partial charge in [-0.25, -0.2) is 0 Å². The maximum absolute atomic E-state index is 3.81. The maximum atomic E-state index is 3.81. The Morgan fingerprint density at radius 3 is 1.65 bits per heavy atom. The van der Waals surface area contributed by atoms with Gasteiger partial charge in [0.25, 0.3) is 0 Å². The summed E-state index contributed by atoms with van der Waals surface area (Å²) in [5.74, 6) is 0. The highest BCUT2D eigenvalue weighted by atomic mass is 15.1. The topological polar surface area (TPSA) is 24.0 Å². The molecule has 0 aliphatic heterocycles. The molecule has 1 N–H and O–H groups in total. The van der Waals surface area contributed by atoms with Crippen molar-refractivity contribution in [3.8, 4) is 39.1 Å². The van der Waals surface area contributed by atoms with Gasteiger partial charge in [0.05, 0.1) is 16.6 Å². The first kappa shape index (κ1) is 32.8. The number of aromatic amines is 1. The molecule has 0 saturated carbocycles. The summed E-state index contributed by atoms with van der Waals surface area (Å²) < 4.78 is 2.44. The molecule has 0 bridgehead atoms. The number of benzene rings is 9. The third kappa shape index (κ3) is 5.68. The zero-order valence-corrected chi connectivity index (χ0v) is 31.2. The second-order valence-electron chi connectivity index (χ2n) is 14.7. The molecule has 0 spiro atoms. The van der Waals surface area contributed by atoms with Crippen LogP contribution in [-0.4, -0.2) is 9.55 Å². The van der Waals surface area contributed by atoms with Crippen molar-refractivity contribution in [3.63, 3.8) is 0 Å². The molecule has 3 nitrogen and oxygen atoms in total. The Balaban J connectivity index is 1.08. The van der Waals surface area contributed by atoms with E-state index in [1.54, 1.807) is 0 Å². The quantitative estimate of drug-likeness (QED) is 0.174. The van der Waals surface area contributed by atoms with Crippen LogP contribution < -0.4 is 4.90 Å². The van der Waals surface area contributed by atoms with Gasteiger partial charge in [-0.15, -0.1) is 0 Å². The number of nitrogens with one attached hydrogen (secondary N) is 1. The molecule has 0 fully saturated rings. The summed E-state index contributed by atoms with van der Waals surface area (Å²) in [6, 6.07) is 78.8. The van der Waals surface area contributed by atoms with E-state index in [4.69, 9.17) is 0 Å². The molecule has 0 aliphatic carbocycles. The van der Waals surface area contributed by atoms with Crippen LogP contribution in [0.3, 0.4) is 0 Å². The molecule has 11 rings (SSSR count). The summed E-state index contributed by atoms with van der Waals surface area (Å²) in [4.78, 5) is 6.15. The van der Waals surface area contributed by atoms with Gasteiger partial charge < -0.3 is 14.5 Å². The zero-order chi connectivity index (χ0) is 37.7. The summed E-state index contributed by atoms with van der Waals surface area (Å²) in [7, 11) is 0. The minimum atomic E-state index is 1.09. The molecule has 9 aromatic carbocycles. The van der Waals surface area contributed by atoms with Gasteiger partial charge >= 0.3 is 0 Å². The molecule has 2 aromatic heterocycles. The highest BCUT2D eigenvalue weighted by Gasteiger charge is 2.19. The summed E-state index contributed by atoms with van der Waals surface area (Å²) in [6.45, 7) is 0. The molecular weight excluding hydrogens is 691 g/mol. The van der Waals surface area contributed by atoms with Crippen molar-refractivity contribution < 1.29 is 0 Å². The molecule has 2 heterocycles. The van der Waals surface area contributed by atoms with E-state index in [0.717, 1.165) is 44.9 Å². The summed E-state index contributed by atoms with van der Waals surface area (Å²) in [5.41, 5.74) is 16.2. The van der Waals surface area contributed by atoms with Crippen LogP contribution in [0.4, 0.5) is 17.1 Å². The number of anilines is 3. The number of fused-ring (bicyclic) bond motifs is 6. The van der Waals surface area contributed by atoms with Gasteiger partial charge in [-0.05, 0) is 101 Å². The van der Waals surface area contributed by atoms with Crippen LogP contribution in [0.2, 0.25) is 0 Å². The molecule has 268 valence electrons. The molecule has 0 aliphatic rings. The van der Waals surface area contributed by atoms with E-state index >= 15 is 0 Å². The molecule has 0 atom stereocenters. The second kappa shape index (κ2) is 13.6. The first-order chi connectivity index (χ1) is 28.3. The number of para-hydroxylation sites is 3. The number of nitrogens with zero attached hydrogens (tertiary/aromatic N) is 2. The highest BCUT2D eigenvalue weighted by molar-refractivity contribution is 6.14. The third-order valence-corrected chi connectivity index (χ3v) is 11.3. The van der Waals surface area contributed by atoms with Crippen LogP contribution in [0.15, 0.2) is 218 Å². The third-order valence-electron chi connectivity index (χ3n) is 11.3. The molecule has 0 saturated heterocycles. The van der Waals surface area contributed by atoms with Crippen LogP contribution in [0, 0.1) is 0 Å². The van der Waals surface area contributed by atoms with Gasteiger partial charge in [-0.3, -0.25) is 0 Å². The molecule has 11 aromatic rings. The van der Waals surface area contributed by atoms with Crippen LogP contribution in [0.1, 0.15) is 0 Å². The number of hydrogen-bond donors (Lipinski definition) is 1. The molecule has 0 radical (unpaired) electrons. The van der Waals surface area contributed by atoms with E-state index in [1.165, 1.54) is 54.8 Å². The predicted octanol–water partition coefficient (Wildman–Crippen LogP) is 14.9. The van der Waals surface area contributed by atoms with Crippen LogP contribution in [0.5, 0.6) is 0 Å². The Kier molecular flexibility index (Phi) is 7.82. The van der Waals surface area contributed by atoms with Crippen molar-refractivity contribution in [1.29, 1.82) is 0 Å². The van der Waals surface area contributed by atoms with Crippen LogP contribution in [0.25, 0.3) is 82.7 Å². The Labute approximate surface area is 331 Å². The number of H-pyrrole nitrogens is 1. The smallest absolute Gasteiger partial charge is 0.0546 e. The fraction of sp³-hybridized carbons (Fsp3) is 0. The molecule has 57 heavy (non-hydrogen) atoms. The van der Waals surface area contributed by atoms with Crippen molar-refractivity contribution in [2.75, 3.05) is 4.90 Å². The fourth-order valence-corrected chi connectivity index (χ4v) is 8.62. The largest absolute Gasteiger partial charge is 0.354 e. The van der Waals surface area contributed by atoms with Crippen molar-refractivity contribution in [1.82, 2.24) is 9.55 Å². The number of aromatic nitrogens is 2. The van der Waals surface area contributed by atoms with Gasteiger partial charge in [0, 0.05) is 55.4 Å². The van der Waals surface area contributed by atoms with Crippen molar-refractivity contribution in [2.24, 2.45) is 0 Å². The fourth-order valence-electron chi connectivity index (χ4n) is 8.62. The van der Waals surface area contributed by atoms with Gasteiger partial charge in [-0.1, -0.05) is 146 Å². The van der Waals surface area contributed by atoms with Gasteiger partial charge in [0.1, 0.15) is 0 Å². The van der Waals surface area contributed by atoms with E-state index < -0.39 is 0 Å². The highest BCUT2D eigenvalue weighted by Crippen LogP contribution is 2.42. The monoisotopic (exact) mass is 727 g/mol. The van der Waals surface area contributed by atoms with Crippen LogP contribution in [-0.2, 0) is 0 Å². The molecular formula is C54H37N3. The molecule has 0 unspecified atom stereocenters. The van der Waals surface area contributed by atoms with Crippen molar-refractivity contribution in [2.45, 2.75) is 0 Å². The zero-order valence-electron chi connectivity index (χ0n) is 31.2. The summed E-state index contributed by atoms with van der Waals surface area (Å²) in [6.07, 6.45) is 0. The van der Waals surface area contributed by atoms with Gasteiger partial charge in [0.15, 0.2) is 0 Å². The molecule has 0 amide bonds. The summed E-state index contributed by atoms with van der Waals surface area (Å²) >= 11 is 0. The first-order valence-corrected chi connectivity index (χ1v) is 19.5. The Morgan fingerprint density at radius 1 is 0.333 bits per heavy atom. The van der Waals surface area contributed by atoms with Gasteiger partial charge in [0.2, 0.25) is 0 Å². The lowest BCUT2D eigenvalue weighted by Crippen LogP contribution is -2.09. The Bertz CT molecular complexity index is 3210. The van der Waals surface area contributed by atoms with E-state index in [9.17, 15) is 0 Å². The van der Waals surface area contributed by atoms with E-state index in [1.807, 2.05) is 0 Å².